The molecular weight excluding hydrogens is 481 g/mol. The first kappa shape index (κ1) is 21.1. The van der Waals surface area contributed by atoms with Crippen molar-refractivity contribution in [3.8, 4) is 0 Å². The van der Waals surface area contributed by atoms with E-state index in [2.05, 4.69) is 19.8 Å². The summed E-state index contributed by atoms with van der Waals surface area (Å²) < 4.78 is 12.1. The van der Waals surface area contributed by atoms with Crippen LogP contribution in [0.25, 0.3) is 0 Å². The summed E-state index contributed by atoms with van der Waals surface area (Å²) in [4.78, 5) is 13.1. The topological polar surface area (TPSA) is 74.8 Å². The zero-order valence-corrected chi connectivity index (χ0v) is 18.5. The van der Waals surface area contributed by atoms with Gasteiger partial charge in [-0.15, -0.1) is 35.3 Å². The maximum absolute atomic E-state index is 12.1. The first-order chi connectivity index (χ1) is 12.2. The number of aliphatic imine (C=N–C) groups is 1. The lowest BCUT2D eigenvalue weighted by Crippen LogP contribution is -2.51. The molecule has 0 radical (unpaired) electrons. The Kier molecular flexibility index (Phi) is 8.79. The number of piperazine rings is 1. The lowest BCUT2D eigenvalue weighted by molar-refractivity contribution is 0.381. The zero-order valence-electron chi connectivity index (χ0n) is 14.5. The highest BCUT2D eigenvalue weighted by molar-refractivity contribution is 14.0. The van der Waals surface area contributed by atoms with E-state index in [-0.39, 0.29) is 24.0 Å². The number of benzene rings is 1. The summed E-state index contributed by atoms with van der Waals surface area (Å²) in [5.74, 6) is 1.66. The Balaban J connectivity index is 0.00000243. The van der Waals surface area contributed by atoms with Gasteiger partial charge in [0.25, 0.3) is 0 Å². The van der Waals surface area contributed by atoms with E-state index in [0.717, 1.165) is 36.9 Å². The molecule has 0 amide bonds. The summed E-state index contributed by atoms with van der Waals surface area (Å²) >= 11 is 1.66. The minimum absolute atomic E-state index is 0. The number of aromatic nitrogens is 1. The maximum atomic E-state index is 12.1. The van der Waals surface area contributed by atoms with E-state index in [9.17, 15) is 4.21 Å². The van der Waals surface area contributed by atoms with Crippen molar-refractivity contribution in [1.29, 1.82) is 0 Å². The third-order valence-corrected chi connectivity index (χ3v) is 6.18. The minimum atomic E-state index is -0.915. The number of hydrogen-bond acceptors (Lipinski definition) is 5. The van der Waals surface area contributed by atoms with E-state index in [1.54, 1.807) is 11.3 Å². The molecule has 3 rings (SSSR count). The number of thiazole rings is 1. The number of guanidine groups is 1. The molecule has 6 nitrogen and oxygen atoms in total. The van der Waals surface area contributed by atoms with Gasteiger partial charge in [0.1, 0.15) is 0 Å². The molecule has 9 heteroatoms. The van der Waals surface area contributed by atoms with Gasteiger partial charge in [0, 0.05) is 60.1 Å². The van der Waals surface area contributed by atoms with Crippen molar-refractivity contribution in [2.45, 2.75) is 5.75 Å². The average Bonchev–Trinajstić information content (AvgIpc) is 3.17. The van der Waals surface area contributed by atoms with Crippen LogP contribution in [-0.2, 0) is 16.6 Å². The molecule has 1 aromatic heterocycles. The monoisotopic (exact) mass is 505 g/mol. The van der Waals surface area contributed by atoms with Crippen LogP contribution in [0.4, 0.5) is 5.13 Å². The smallest absolute Gasteiger partial charge is 0.191 e. The van der Waals surface area contributed by atoms with Gasteiger partial charge in [-0.05, 0) is 5.56 Å². The van der Waals surface area contributed by atoms with Gasteiger partial charge in [-0.3, -0.25) is 9.20 Å². The van der Waals surface area contributed by atoms with Crippen molar-refractivity contribution in [2.24, 2.45) is 10.7 Å². The summed E-state index contributed by atoms with van der Waals surface area (Å²) in [5.41, 5.74) is 7.19. The van der Waals surface area contributed by atoms with Gasteiger partial charge in [0.15, 0.2) is 11.1 Å². The average molecular weight is 505 g/mol. The molecule has 1 atom stereocenters. The molecule has 1 saturated heterocycles. The molecule has 142 valence electrons. The standard InChI is InChI=1S/C17H23N5OS2.HI/c18-16(19-7-13-25(23)14-15-4-2-1-3-5-15)21-8-10-22(11-9-21)17-20-6-12-24-17;/h1-6,12H,7-11,13-14H2,(H2,18,19);1H. The Morgan fingerprint density at radius 1 is 1.23 bits per heavy atom. The molecule has 1 aliphatic rings. The van der Waals surface area contributed by atoms with E-state index in [1.165, 1.54) is 0 Å². The van der Waals surface area contributed by atoms with Gasteiger partial charge >= 0.3 is 0 Å². The second-order valence-corrected chi connectivity index (χ2v) is 8.25. The van der Waals surface area contributed by atoms with Crippen LogP contribution < -0.4 is 10.6 Å². The molecule has 0 bridgehead atoms. The summed E-state index contributed by atoms with van der Waals surface area (Å²) in [5, 5.41) is 3.05. The predicted molar refractivity (Wildman–Crippen MR) is 121 cm³/mol. The zero-order chi connectivity index (χ0) is 17.5. The third kappa shape index (κ3) is 6.20. The molecule has 1 unspecified atom stereocenters. The molecule has 2 aromatic rings. The van der Waals surface area contributed by atoms with Gasteiger partial charge in [-0.2, -0.15) is 0 Å². The van der Waals surface area contributed by atoms with Crippen molar-refractivity contribution in [3.05, 3.63) is 47.5 Å². The fourth-order valence-corrected chi connectivity index (χ4v) is 4.39. The van der Waals surface area contributed by atoms with Gasteiger partial charge in [-0.1, -0.05) is 30.3 Å². The Morgan fingerprint density at radius 2 is 1.96 bits per heavy atom. The van der Waals surface area contributed by atoms with E-state index < -0.39 is 10.8 Å². The fourth-order valence-electron chi connectivity index (χ4n) is 2.69. The van der Waals surface area contributed by atoms with Crippen LogP contribution in [0.2, 0.25) is 0 Å². The van der Waals surface area contributed by atoms with E-state index in [0.29, 0.717) is 24.0 Å². The van der Waals surface area contributed by atoms with Crippen LogP contribution in [-0.4, -0.2) is 58.5 Å². The molecule has 0 spiro atoms. The molecule has 1 fully saturated rings. The number of rotatable bonds is 6. The van der Waals surface area contributed by atoms with Crippen LogP contribution in [0.3, 0.4) is 0 Å². The molecule has 2 heterocycles. The molecule has 2 N–H and O–H groups in total. The van der Waals surface area contributed by atoms with E-state index >= 15 is 0 Å². The largest absolute Gasteiger partial charge is 0.370 e. The summed E-state index contributed by atoms with van der Waals surface area (Å²) in [6.45, 7) is 3.95. The van der Waals surface area contributed by atoms with Crippen LogP contribution in [0.15, 0.2) is 46.9 Å². The van der Waals surface area contributed by atoms with E-state index in [1.807, 2.05) is 41.9 Å². The molecule has 0 aliphatic carbocycles. The number of nitrogens with two attached hydrogens (primary N) is 1. The number of nitrogens with zero attached hydrogens (tertiary/aromatic N) is 4. The van der Waals surface area contributed by atoms with Crippen LogP contribution >= 0.6 is 35.3 Å². The molecule has 1 aromatic carbocycles. The highest BCUT2D eigenvalue weighted by Crippen LogP contribution is 2.18. The summed E-state index contributed by atoms with van der Waals surface area (Å²) in [6, 6.07) is 9.89. The second-order valence-electron chi connectivity index (χ2n) is 5.80. The Labute approximate surface area is 178 Å². The van der Waals surface area contributed by atoms with Crippen LogP contribution in [0, 0.1) is 0 Å². The molecule has 26 heavy (non-hydrogen) atoms. The van der Waals surface area contributed by atoms with Gasteiger partial charge in [0.2, 0.25) is 0 Å². The Bertz CT molecular complexity index is 703. The Morgan fingerprint density at radius 3 is 2.62 bits per heavy atom. The normalized spacial score (nSPS) is 16.2. The minimum Gasteiger partial charge on any atom is -0.370 e. The van der Waals surface area contributed by atoms with Crippen molar-refractivity contribution < 1.29 is 4.21 Å². The fraction of sp³-hybridized carbons (Fsp3) is 0.412. The molecule has 0 saturated carbocycles. The number of halogens is 1. The van der Waals surface area contributed by atoms with Crippen molar-refractivity contribution in [3.63, 3.8) is 0 Å². The highest BCUT2D eigenvalue weighted by atomic mass is 127. The second kappa shape index (κ2) is 10.8. The van der Waals surface area contributed by atoms with Gasteiger partial charge in [-0.25, -0.2) is 4.98 Å². The Hall–Kier alpha value is -1.20. The highest BCUT2D eigenvalue weighted by Gasteiger charge is 2.19. The van der Waals surface area contributed by atoms with Crippen molar-refractivity contribution >= 4 is 57.2 Å². The molecular formula is C17H24IN5OS2. The van der Waals surface area contributed by atoms with Gasteiger partial charge < -0.3 is 15.5 Å². The first-order valence-corrected chi connectivity index (χ1v) is 10.7. The van der Waals surface area contributed by atoms with Gasteiger partial charge in [0.05, 0.1) is 6.54 Å². The number of hydrogen-bond donors (Lipinski definition) is 1. The predicted octanol–water partition coefficient (Wildman–Crippen LogP) is 2.15. The van der Waals surface area contributed by atoms with Crippen molar-refractivity contribution in [1.82, 2.24) is 9.88 Å². The van der Waals surface area contributed by atoms with E-state index in [4.69, 9.17) is 5.73 Å². The lowest BCUT2D eigenvalue weighted by atomic mass is 10.2. The van der Waals surface area contributed by atoms with Crippen LogP contribution in [0.1, 0.15) is 5.56 Å². The first-order valence-electron chi connectivity index (χ1n) is 8.30. The number of anilines is 1. The molecule has 1 aliphatic heterocycles. The lowest BCUT2D eigenvalue weighted by Gasteiger charge is -2.35. The van der Waals surface area contributed by atoms with Crippen LogP contribution in [0.5, 0.6) is 0 Å². The SMILES string of the molecule is I.NC(=NCCS(=O)Cc1ccccc1)N1CCN(c2nccs2)CC1. The van der Waals surface area contributed by atoms with Crippen molar-refractivity contribution in [2.75, 3.05) is 43.4 Å². The third-order valence-electron chi connectivity index (χ3n) is 4.06. The maximum Gasteiger partial charge on any atom is 0.191 e. The summed E-state index contributed by atoms with van der Waals surface area (Å²) in [7, 11) is -0.915. The summed E-state index contributed by atoms with van der Waals surface area (Å²) in [6.07, 6.45) is 1.83. The quantitative estimate of drug-likeness (QED) is 0.370.